The average Bonchev–Trinajstić information content (AvgIpc) is 2.79. The molecule has 1 aliphatic rings. The highest BCUT2D eigenvalue weighted by Gasteiger charge is 2.29. The molecular formula is C11H11N3O3. The van der Waals surface area contributed by atoms with Gasteiger partial charge in [-0.1, -0.05) is 6.07 Å². The molecule has 0 aliphatic carbocycles. The Morgan fingerprint density at radius 3 is 2.94 bits per heavy atom. The second-order valence-electron chi connectivity index (χ2n) is 4.14. The lowest BCUT2D eigenvalue weighted by molar-refractivity contribution is -0.117. The largest absolute Gasteiger partial charge is 0.417 e. The van der Waals surface area contributed by atoms with E-state index in [4.69, 9.17) is 10.2 Å². The van der Waals surface area contributed by atoms with E-state index in [9.17, 15) is 9.59 Å². The second kappa shape index (κ2) is 3.46. The summed E-state index contributed by atoms with van der Waals surface area (Å²) >= 11 is 0. The van der Waals surface area contributed by atoms with Gasteiger partial charge in [-0.2, -0.15) is 0 Å². The van der Waals surface area contributed by atoms with Gasteiger partial charge in [-0.15, -0.1) is 0 Å². The first-order chi connectivity index (χ1) is 8.15. The molecule has 17 heavy (non-hydrogen) atoms. The highest BCUT2D eigenvalue weighted by Crippen LogP contribution is 2.28. The highest BCUT2D eigenvalue weighted by atomic mass is 16.4. The van der Waals surface area contributed by atoms with Crippen LogP contribution in [-0.4, -0.2) is 23.5 Å². The van der Waals surface area contributed by atoms with Gasteiger partial charge in [0.15, 0.2) is 5.58 Å². The number of nitrogens with two attached hydrogens (primary N) is 1. The van der Waals surface area contributed by atoms with Crippen molar-refractivity contribution in [1.82, 2.24) is 4.98 Å². The maximum atomic E-state index is 11.8. The number of hydrogen-bond donors (Lipinski definition) is 2. The van der Waals surface area contributed by atoms with Gasteiger partial charge in [0.2, 0.25) is 5.91 Å². The van der Waals surface area contributed by atoms with Crippen LogP contribution in [0.15, 0.2) is 27.4 Å². The molecule has 0 spiro atoms. The van der Waals surface area contributed by atoms with Gasteiger partial charge in [0.25, 0.3) is 0 Å². The van der Waals surface area contributed by atoms with Crippen LogP contribution in [0.25, 0.3) is 11.1 Å². The number of amides is 1. The molecule has 1 aromatic heterocycles. The molecule has 88 valence electrons. The van der Waals surface area contributed by atoms with Crippen LogP contribution in [0.5, 0.6) is 0 Å². The Labute approximate surface area is 96.0 Å². The molecule has 6 heteroatoms. The molecule has 2 aromatic rings. The summed E-state index contributed by atoms with van der Waals surface area (Å²) in [5.41, 5.74) is 7.32. The lowest BCUT2D eigenvalue weighted by atomic mass is 10.2. The van der Waals surface area contributed by atoms with Crippen LogP contribution >= 0.6 is 0 Å². The third-order valence-corrected chi connectivity index (χ3v) is 2.87. The summed E-state index contributed by atoms with van der Waals surface area (Å²) in [6, 6.07) is 5.07. The predicted octanol–water partition coefficient (Wildman–Crippen LogP) is 0.185. The molecule has 1 amide bonds. The van der Waals surface area contributed by atoms with Crippen molar-refractivity contribution in [3.05, 3.63) is 28.7 Å². The monoisotopic (exact) mass is 233 g/mol. The number of nitrogens with zero attached hydrogens (tertiary/aromatic N) is 1. The molecule has 1 atom stereocenters. The molecule has 0 radical (unpaired) electrons. The molecular weight excluding hydrogens is 222 g/mol. The van der Waals surface area contributed by atoms with E-state index in [-0.39, 0.29) is 11.9 Å². The minimum Gasteiger partial charge on any atom is -0.406 e. The smallest absolute Gasteiger partial charge is 0.406 e. The number of fused-ring (bicyclic) bond motifs is 1. The first-order valence-electron chi connectivity index (χ1n) is 5.33. The van der Waals surface area contributed by atoms with Crippen molar-refractivity contribution in [3.8, 4) is 0 Å². The number of oxazole rings is 1. The lowest BCUT2D eigenvalue weighted by Crippen LogP contribution is -2.28. The summed E-state index contributed by atoms with van der Waals surface area (Å²) < 4.78 is 5.05. The number of anilines is 1. The van der Waals surface area contributed by atoms with Gasteiger partial charge in [0.1, 0.15) is 0 Å². The van der Waals surface area contributed by atoms with E-state index >= 15 is 0 Å². The third kappa shape index (κ3) is 1.53. The zero-order chi connectivity index (χ0) is 12.0. The Balaban J connectivity index is 2.17. The number of carbonyl (C=O) groups excluding carboxylic acids is 1. The number of nitrogens with one attached hydrogen (secondary N) is 1. The Kier molecular flexibility index (Phi) is 2.05. The van der Waals surface area contributed by atoms with Crippen LogP contribution in [0.2, 0.25) is 0 Å². The van der Waals surface area contributed by atoms with Crippen molar-refractivity contribution in [1.29, 1.82) is 0 Å². The van der Waals surface area contributed by atoms with E-state index in [0.717, 1.165) is 0 Å². The Bertz CT molecular complexity index is 643. The molecule has 2 heterocycles. The molecule has 0 saturated carbocycles. The van der Waals surface area contributed by atoms with Crippen LogP contribution in [0.1, 0.15) is 6.42 Å². The van der Waals surface area contributed by atoms with Gasteiger partial charge in [-0.25, -0.2) is 4.79 Å². The maximum absolute atomic E-state index is 11.8. The summed E-state index contributed by atoms with van der Waals surface area (Å²) in [5, 5.41) is 0. The molecule has 1 aliphatic heterocycles. The number of aromatic nitrogens is 1. The fourth-order valence-electron chi connectivity index (χ4n) is 2.14. The zero-order valence-electron chi connectivity index (χ0n) is 8.97. The predicted molar refractivity (Wildman–Crippen MR) is 61.8 cm³/mol. The molecule has 3 N–H and O–H groups in total. The normalized spacial score (nSPS) is 20.4. The van der Waals surface area contributed by atoms with Crippen LogP contribution < -0.4 is 16.4 Å². The molecule has 0 bridgehead atoms. The van der Waals surface area contributed by atoms with Crippen LogP contribution in [0, 0.1) is 0 Å². The van der Waals surface area contributed by atoms with Gasteiger partial charge in [0, 0.05) is 19.0 Å². The highest BCUT2D eigenvalue weighted by molar-refractivity contribution is 6.02. The minimum absolute atomic E-state index is 0.0474. The standard InChI is InChI=1S/C11H11N3O3/c12-6-4-9(15)14(5-6)8-3-1-2-7-10(8)17-11(16)13-7/h1-3,6H,4-5,12H2,(H,13,16). The fourth-order valence-corrected chi connectivity index (χ4v) is 2.14. The van der Waals surface area contributed by atoms with Crippen molar-refractivity contribution >= 4 is 22.7 Å². The Morgan fingerprint density at radius 1 is 1.41 bits per heavy atom. The van der Waals surface area contributed by atoms with E-state index in [0.29, 0.717) is 29.8 Å². The Hall–Kier alpha value is -2.08. The summed E-state index contributed by atoms with van der Waals surface area (Å²) in [4.78, 5) is 27.0. The van der Waals surface area contributed by atoms with Crippen molar-refractivity contribution < 1.29 is 9.21 Å². The van der Waals surface area contributed by atoms with Gasteiger partial charge >= 0.3 is 5.76 Å². The molecule has 1 unspecified atom stereocenters. The number of benzene rings is 1. The number of rotatable bonds is 1. The molecule has 6 nitrogen and oxygen atoms in total. The zero-order valence-corrected chi connectivity index (χ0v) is 8.97. The fraction of sp³-hybridized carbons (Fsp3) is 0.273. The minimum atomic E-state index is -0.525. The molecule has 1 aromatic carbocycles. The lowest BCUT2D eigenvalue weighted by Gasteiger charge is -2.15. The van der Waals surface area contributed by atoms with Gasteiger partial charge in [-0.05, 0) is 12.1 Å². The molecule has 1 saturated heterocycles. The first kappa shape index (κ1) is 10.1. The van der Waals surface area contributed by atoms with Crippen molar-refractivity contribution in [3.63, 3.8) is 0 Å². The maximum Gasteiger partial charge on any atom is 0.417 e. The van der Waals surface area contributed by atoms with Crippen LogP contribution in [0.4, 0.5) is 5.69 Å². The summed E-state index contributed by atoms with van der Waals surface area (Å²) in [7, 11) is 0. The Morgan fingerprint density at radius 2 is 2.24 bits per heavy atom. The number of aromatic amines is 1. The van der Waals surface area contributed by atoms with Gasteiger partial charge < -0.3 is 15.1 Å². The number of H-pyrrole nitrogens is 1. The summed E-state index contributed by atoms with van der Waals surface area (Å²) in [6.45, 7) is 0.451. The topological polar surface area (TPSA) is 92.3 Å². The van der Waals surface area contributed by atoms with Crippen molar-refractivity contribution in [2.75, 3.05) is 11.4 Å². The quantitative estimate of drug-likeness (QED) is 0.735. The van der Waals surface area contributed by atoms with Gasteiger partial charge in [0.05, 0.1) is 11.2 Å². The number of para-hydroxylation sites is 1. The summed E-state index contributed by atoms with van der Waals surface area (Å²) in [6.07, 6.45) is 0.324. The van der Waals surface area contributed by atoms with E-state index in [1.54, 1.807) is 23.1 Å². The van der Waals surface area contributed by atoms with E-state index in [2.05, 4.69) is 4.98 Å². The van der Waals surface area contributed by atoms with Crippen LogP contribution in [-0.2, 0) is 4.79 Å². The third-order valence-electron chi connectivity index (χ3n) is 2.87. The molecule has 3 rings (SSSR count). The number of carbonyl (C=O) groups is 1. The SMILES string of the molecule is NC1CC(=O)N(c2cccc3[nH]c(=O)oc23)C1. The van der Waals surface area contributed by atoms with Crippen molar-refractivity contribution in [2.45, 2.75) is 12.5 Å². The van der Waals surface area contributed by atoms with Crippen molar-refractivity contribution in [2.24, 2.45) is 5.73 Å². The van der Waals surface area contributed by atoms with E-state index in [1.807, 2.05) is 0 Å². The second-order valence-corrected chi connectivity index (χ2v) is 4.14. The van der Waals surface area contributed by atoms with E-state index in [1.165, 1.54) is 0 Å². The average molecular weight is 233 g/mol. The first-order valence-corrected chi connectivity index (χ1v) is 5.33. The molecule has 1 fully saturated rings. The summed E-state index contributed by atoms with van der Waals surface area (Å²) in [5.74, 6) is -0.572. The number of hydrogen-bond acceptors (Lipinski definition) is 4. The van der Waals surface area contributed by atoms with Crippen LogP contribution in [0.3, 0.4) is 0 Å². The van der Waals surface area contributed by atoms with Gasteiger partial charge in [-0.3, -0.25) is 9.78 Å². The van der Waals surface area contributed by atoms with E-state index < -0.39 is 5.76 Å².